The minimum atomic E-state index is -0.366. The first-order valence-electron chi connectivity index (χ1n) is 8.12. The second-order valence-corrected chi connectivity index (χ2v) is 7.00. The van der Waals surface area contributed by atoms with Crippen molar-refractivity contribution in [3.63, 3.8) is 0 Å². The highest BCUT2D eigenvalue weighted by molar-refractivity contribution is 9.10. The normalized spacial score (nSPS) is 11.1. The molecule has 1 heterocycles. The van der Waals surface area contributed by atoms with Crippen molar-refractivity contribution >= 4 is 26.9 Å². The van der Waals surface area contributed by atoms with Crippen molar-refractivity contribution in [3.05, 3.63) is 68.5 Å². The van der Waals surface area contributed by atoms with E-state index in [1.165, 1.54) is 0 Å². The Bertz CT molecular complexity index is 983. The maximum absolute atomic E-state index is 11.9. The Morgan fingerprint density at radius 3 is 2.50 bits per heavy atom. The molecule has 0 radical (unpaired) electrons. The van der Waals surface area contributed by atoms with E-state index in [9.17, 15) is 4.79 Å². The average molecular weight is 418 g/mol. The van der Waals surface area contributed by atoms with E-state index < -0.39 is 0 Å². The lowest BCUT2D eigenvalue weighted by atomic mass is 10.1. The van der Waals surface area contributed by atoms with Crippen LogP contribution in [-0.4, -0.2) is 26.2 Å². The quantitative estimate of drug-likeness (QED) is 0.562. The molecule has 1 aromatic heterocycles. The van der Waals surface area contributed by atoms with E-state index in [0.29, 0.717) is 24.4 Å². The zero-order chi connectivity index (χ0) is 18.7. The Morgan fingerprint density at radius 2 is 1.77 bits per heavy atom. The summed E-state index contributed by atoms with van der Waals surface area (Å²) in [5, 5.41) is 0.901. The summed E-state index contributed by atoms with van der Waals surface area (Å²) >= 11 is 3.50. The standard InChI is InChI=1S/C20H20BrNO4/c1-22(12-14-8-15(21)4-7-18(14)25-3)11-13-9-20(23)26-19-10-16(24-2)5-6-17(13)19/h4-10H,11-12H2,1-3H3. The van der Waals surface area contributed by atoms with Crippen LogP contribution >= 0.6 is 15.9 Å². The van der Waals surface area contributed by atoms with E-state index in [-0.39, 0.29) is 5.63 Å². The summed E-state index contributed by atoms with van der Waals surface area (Å²) in [6.45, 7) is 1.28. The Morgan fingerprint density at radius 1 is 1.00 bits per heavy atom. The summed E-state index contributed by atoms with van der Waals surface area (Å²) < 4.78 is 17.0. The first kappa shape index (κ1) is 18.5. The van der Waals surface area contributed by atoms with Crippen LogP contribution in [0.4, 0.5) is 0 Å². The van der Waals surface area contributed by atoms with E-state index in [1.807, 2.05) is 37.4 Å². The molecular weight excluding hydrogens is 398 g/mol. The van der Waals surface area contributed by atoms with Crippen molar-refractivity contribution in [2.24, 2.45) is 0 Å². The van der Waals surface area contributed by atoms with Crippen LogP contribution in [0.1, 0.15) is 11.1 Å². The Kier molecular flexibility index (Phi) is 5.64. The monoisotopic (exact) mass is 417 g/mol. The van der Waals surface area contributed by atoms with Crippen molar-refractivity contribution in [2.45, 2.75) is 13.1 Å². The van der Waals surface area contributed by atoms with Gasteiger partial charge in [-0.2, -0.15) is 0 Å². The molecule has 0 fully saturated rings. The number of methoxy groups -OCH3 is 2. The summed E-state index contributed by atoms with van der Waals surface area (Å²) in [5.74, 6) is 1.49. The van der Waals surface area contributed by atoms with Gasteiger partial charge in [0.05, 0.1) is 14.2 Å². The molecule has 0 spiro atoms. The molecule has 26 heavy (non-hydrogen) atoms. The van der Waals surface area contributed by atoms with E-state index in [1.54, 1.807) is 26.4 Å². The van der Waals surface area contributed by atoms with Crippen molar-refractivity contribution in [1.29, 1.82) is 0 Å². The van der Waals surface area contributed by atoms with Gasteiger partial charge in [0.15, 0.2) is 0 Å². The molecule has 0 atom stereocenters. The van der Waals surface area contributed by atoms with Gasteiger partial charge in [-0.15, -0.1) is 0 Å². The van der Waals surface area contributed by atoms with Crippen LogP contribution in [0.15, 0.2) is 56.1 Å². The van der Waals surface area contributed by atoms with Crippen molar-refractivity contribution in [2.75, 3.05) is 21.3 Å². The maximum atomic E-state index is 11.9. The predicted molar refractivity (Wildman–Crippen MR) is 105 cm³/mol. The summed E-state index contributed by atoms with van der Waals surface area (Å²) in [6.07, 6.45) is 0. The van der Waals surface area contributed by atoms with E-state index in [4.69, 9.17) is 13.9 Å². The van der Waals surface area contributed by atoms with E-state index in [0.717, 1.165) is 26.7 Å². The summed E-state index contributed by atoms with van der Waals surface area (Å²) in [6, 6.07) is 13.0. The second-order valence-electron chi connectivity index (χ2n) is 6.08. The first-order valence-corrected chi connectivity index (χ1v) is 8.91. The van der Waals surface area contributed by atoms with Gasteiger partial charge >= 0.3 is 5.63 Å². The minimum Gasteiger partial charge on any atom is -0.497 e. The van der Waals surface area contributed by atoms with Crippen LogP contribution < -0.4 is 15.1 Å². The molecule has 0 saturated carbocycles. The molecular formula is C20H20BrNO4. The maximum Gasteiger partial charge on any atom is 0.336 e. The van der Waals surface area contributed by atoms with Gasteiger partial charge in [-0.25, -0.2) is 4.79 Å². The van der Waals surface area contributed by atoms with Crippen LogP contribution in [0.2, 0.25) is 0 Å². The van der Waals surface area contributed by atoms with Crippen LogP contribution in [0.5, 0.6) is 11.5 Å². The van der Waals surface area contributed by atoms with Crippen LogP contribution in [-0.2, 0) is 13.1 Å². The Labute approximate surface area is 160 Å². The molecule has 6 heteroatoms. The average Bonchev–Trinajstić information content (AvgIpc) is 2.61. The van der Waals surface area contributed by atoms with Crippen LogP contribution in [0, 0.1) is 0 Å². The molecule has 0 aliphatic rings. The third-order valence-corrected chi connectivity index (χ3v) is 4.65. The predicted octanol–water partition coefficient (Wildman–Crippen LogP) is 4.20. The summed E-state index contributed by atoms with van der Waals surface area (Å²) in [4.78, 5) is 14.1. The molecule has 3 rings (SSSR count). The lowest BCUT2D eigenvalue weighted by molar-refractivity contribution is 0.310. The zero-order valence-corrected chi connectivity index (χ0v) is 16.5. The molecule has 5 nitrogen and oxygen atoms in total. The van der Waals surface area contributed by atoms with Gasteiger partial charge in [0.1, 0.15) is 17.1 Å². The molecule has 3 aromatic rings. The number of fused-ring (bicyclic) bond motifs is 1. The van der Waals surface area contributed by atoms with E-state index >= 15 is 0 Å². The SMILES string of the molecule is COc1ccc2c(CN(C)Cc3cc(Br)ccc3OC)cc(=O)oc2c1. The van der Waals surface area contributed by atoms with Crippen LogP contribution in [0.3, 0.4) is 0 Å². The molecule has 136 valence electrons. The van der Waals surface area contributed by atoms with Gasteiger partial charge in [0.25, 0.3) is 0 Å². The summed E-state index contributed by atoms with van der Waals surface area (Å²) in [5.41, 5.74) is 2.14. The second kappa shape index (κ2) is 7.93. The van der Waals surface area contributed by atoms with Gasteiger partial charge in [0, 0.05) is 40.6 Å². The molecule has 0 aliphatic heterocycles. The zero-order valence-electron chi connectivity index (χ0n) is 14.9. The van der Waals surface area contributed by atoms with Gasteiger partial charge in [0.2, 0.25) is 0 Å². The van der Waals surface area contributed by atoms with Gasteiger partial charge in [-0.05, 0) is 42.9 Å². The number of ether oxygens (including phenoxy) is 2. The number of hydrogen-bond acceptors (Lipinski definition) is 5. The van der Waals surface area contributed by atoms with Gasteiger partial charge in [-0.1, -0.05) is 15.9 Å². The molecule has 0 saturated heterocycles. The molecule has 0 amide bonds. The first-order chi connectivity index (χ1) is 12.5. The molecule has 0 aliphatic carbocycles. The Hall–Kier alpha value is -2.31. The number of rotatable bonds is 6. The largest absolute Gasteiger partial charge is 0.497 e. The topological polar surface area (TPSA) is 51.9 Å². The van der Waals surface area contributed by atoms with Gasteiger partial charge < -0.3 is 13.9 Å². The molecule has 0 unspecified atom stereocenters. The third-order valence-electron chi connectivity index (χ3n) is 4.16. The Balaban J connectivity index is 1.89. The number of nitrogens with zero attached hydrogens (tertiary/aromatic N) is 1. The molecule has 0 N–H and O–H groups in total. The number of halogens is 1. The van der Waals surface area contributed by atoms with Gasteiger partial charge in [-0.3, -0.25) is 4.90 Å². The van der Waals surface area contributed by atoms with Crippen molar-refractivity contribution < 1.29 is 13.9 Å². The molecule has 2 aromatic carbocycles. The highest BCUT2D eigenvalue weighted by atomic mass is 79.9. The lowest BCUT2D eigenvalue weighted by Crippen LogP contribution is -2.19. The fourth-order valence-electron chi connectivity index (χ4n) is 2.98. The molecule has 0 bridgehead atoms. The number of hydrogen-bond donors (Lipinski definition) is 0. The fraction of sp³-hybridized carbons (Fsp3) is 0.250. The lowest BCUT2D eigenvalue weighted by Gasteiger charge is -2.19. The minimum absolute atomic E-state index is 0.366. The smallest absolute Gasteiger partial charge is 0.336 e. The van der Waals surface area contributed by atoms with E-state index in [2.05, 4.69) is 20.8 Å². The number of benzene rings is 2. The fourth-order valence-corrected chi connectivity index (χ4v) is 3.38. The summed E-state index contributed by atoms with van der Waals surface area (Å²) in [7, 11) is 5.25. The highest BCUT2D eigenvalue weighted by Gasteiger charge is 2.12. The van der Waals surface area contributed by atoms with Crippen molar-refractivity contribution in [3.8, 4) is 11.5 Å². The van der Waals surface area contributed by atoms with Crippen molar-refractivity contribution in [1.82, 2.24) is 4.90 Å². The highest BCUT2D eigenvalue weighted by Crippen LogP contribution is 2.26. The third kappa shape index (κ3) is 4.08. The van der Waals surface area contributed by atoms with Crippen LogP contribution in [0.25, 0.3) is 11.0 Å².